The lowest BCUT2D eigenvalue weighted by Gasteiger charge is -2.13. The third kappa shape index (κ3) is 3.41. The SMILES string of the molecule is Nc1ccc(Oc2ccc([N+](=O)[O-])cc2C(F)(F)F)cc1. The van der Waals surface area contributed by atoms with Gasteiger partial charge in [-0.2, -0.15) is 13.2 Å². The normalized spacial score (nSPS) is 11.2. The van der Waals surface area contributed by atoms with Crippen molar-refractivity contribution in [2.45, 2.75) is 6.18 Å². The Bertz CT molecular complexity index is 669. The van der Waals surface area contributed by atoms with E-state index in [-0.39, 0.29) is 5.75 Å². The number of anilines is 1. The van der Waals surface area contributed by atoms with Crippen molar-refractivity contribution in [2.24, 2.45) is 0 Å². The zero-order valence-corrected chi connectivity index (χ0v) is 10.4. The number of nitrogens with zero attached hydrogens (tertiary/aromatic N) is 1. The van der Waals surface area contributed by atoms with Gasteiger partial charge in [0, 0.05) is 17.8 Å². The molecule has 0 radical (unpaired) electrons. The van der Waals surface area contributed by atoms with E-state index in [0.29, 0.717) is 11.8 Å². The Labute approximate surface area is 116 Å². The summed E-state index contributed by atoms with van der Waals surface area (Å²) in [5.41, 5.74) is 4.02. The van der Waals surface area contributed by atoms with E-state index in [2.05, 4.69) is 0 Å². The smallest absolute Gasteiger partial charge is 0.420 e. The summed E-state index contributed by atoms with van der Waals surface area (Å²) in [4.78, 5) is 9.67. The summed E-state index contributed by atoms with van der Waals surface area (Å²) in [6.45, 7) is 0. The highest BCUT2D eigenvalue weighted by molar-refractivity contribution is 5.48. The van der Waals surface area contributed by atoms with Crippen molar-refractivity contribution in [3.63, 3.8) is 0 Å². The molecule has 0 saturated carbocycles. The number of nitrogens with two attached hydrogens (primary N) is 1. The predicted octanol–water partition coefficient (Wildman–Crippen LogP) is 3.99. The quantitative estimate of drug-likeness (QED) is 0.528. The average Bonchev–Trinajstić information content (AvgIpc) is 2.40. The van der Waals surface area contributed by atoms with Gasteiger partial charge in [0.25, 0.3) is 5.69 Å². The van der Waals surface area contributed by atoms with Crippen LogP contribution in [0.4, 0.5) is 24.5 Å². The molecule has 0 saturated heterocycles. The third-order valence-electron chi connectivity index (χ3n) is 2.59. The van der Waals surface area contributed by atoms with Gasteiger partial charge in [-0.25, -0.2) is 0 Å². The lowest BCUT2D eigenvalue weighted by atomic mass is 10.1. The van der Waals surface area contributed by atoms with Crippen LogP contribution in [-0.2, 0) is 6.18 Å². The van der Waals surface area contributed by atoms with E-state index in [4.69, 9.17) is 10.5 Å². The van der Waals surface area contributed by atoms with Gasteiger partial charge in [0.1, 0.15) is 17.1 Å². The molecular weight excluding hydrogens is 289 g/mol. The van der Waals surface area contributed by atoms with Crippen LogP contribution in [0.1, 0.15) is 5.56 Å². The molecule has 0 unspecified atom stereocenters. The van der Waals surface area contributed by atoms with Gasteiger partial charge in [-0.1, -0.05) is 0 Å². The molecule has 2 aromatic rings. The molecule has 8 heteroatoms. The van der Waals surface area contributed by atoms with Crippen LogP contribution in [0.3, 0.4) is 0 Å². The number of nitrogen functional groups attached to an aromatic ring is 1. The van der Waals surface area contributed by atoms with Crippen LogP contribution in [-0.4, -0.2) is 4.92 Å². The number of nitro groups is 1. The highest BCUT2D eigenvalue weighted by atomic mass is 19.4. The fourth-order valence-electron chi connectivity index (χ4n) is 1.60. The Morgan fingerprint density at radius 2 is 1.71 bits per heavy atom. The van der Waals surface area contributed by atoms with Gasteiger partial charge in [0.15, 0.2) is 0 Å². The summed E-state index contributed by atoms with van der Waals surface area (Å²) in [5, 5.41) is 10.6. The minimum absolute atomic E-state index is 0.142. The first-order valence-electron chi connectivity index (χ1n) is 5.66. The molecule has 0 fully saturated rings. The van der Waals surface area contributed by atoms with Crippen LogP contribution >= 0.6 is 0 Å². The second-order valence-corrected chi connectivity index (χ2v) is 4.11. The maximum atomic E-state index is 12.9. The Hall–Kier alpha value is -2.77. The number of alkyl halides is 3. The molecule has 0 amide bonds. The van der Waals surface area contributed by atoms with Crippen LogP contribution in [0.25, 0.3) is 0 Å². The second-order valence-electron chi connectivity index (χ2n) is 4.11. The fourth-order valence-corrected chi connectivity index (χ4v) is 1.60. The highest BCUT2D eigenvalue weighted by Gasteiger charge is 2.36. The van der Waals surface area contributed by atoms with Crippen molar-refractivity contribution in [1.82, 2.24) is 0 Å². The largest absolute Gasteiger partial charge is 0.457 e. The van der Waals surface area contributed by atoms with Gasteiger partial charge >= 0.3 is 6.18 Å². The number of non-ortho nitro benzene ring substituents is 1. The lowest BCUT2D eigenvalue weighted by Crippen LogP contribution is -2.08. The Morgan fingerprint density at radius 3 is 2.24 bits per heavy atom. The van der Waals surface area contributed by atoms with Crippen LogP contribution in [0.2, 0.25) is 0 Å². The lowest BCUT2D eigenvalue weighted by molar-refractivity contribution is -0.385. The molecule has 0 atom stereocenters. The monoisotopic (exact) mass is 298 g/mol. The zero-order chi connectivity index (χ0) is 15.6. The average molecular weight is 298 g/mol. The summed E-state index contributed by atoms with van der Waals surface area (Å²) < 4.78 is 43.9. The molecule has 21 heavy (non-hydrogen) atoms. The van der Waals surface area contributed by atoms with Crippen molar-refractivity contribution >= 4 is 11.4 Å². The van der Waals surface area contributed by atoms with Gasteiger partial charge in [0.05, 0.1) is 4.92 Å². The number of nitro benzene ring substituents is 1. The van der Waals surface area contributed by atoms with Gasteiger partial charge in [0.2, 0.25) is 0 Å². The molecule has 0 aromatic heterocycles. The van der Waals surface area contributed by atoms with E-state index in [9.17, 15) is 23.3 Å². The van der Waals surface area contributed by atoms with Gasteiger partial charge < -0.3 is 10.5 Å². The highest BCUT2D eigenvalue weighted by Crippen LogP contribution is 2.40. The molecule has 0 aliphatic rings. The van der Waals surface area contributed by atoms with E-state index in [0.717, 1.165) is 12.1 Å². The molecule has 0 heterocycles. The molecule has 0 aliphatic heterocycles. The first kappa shape index (κ1) is 14.6. The number of halogens is 3. The van der Waals surface area contributed by atoms with Gasteiger partial charge in [-0.3, -0.25) is 10.1 Å². The van der Waals surface area contributed by atoms with E-state index < -0.39 is 28.1 Å². The van der Waals surface area contributed by atoms with E-state index in [1.54, 1.807) is 0 Å². The van der Waals surface area contributed by atoms with Crippen molar-refractivity contribution in [2.75, 3.05) is 5.73 Å². The van der Waals surface area contributed by atoms with Gasteiger partial charge in [-0.15, -0.1) is 0 Å². The third-order valence-corrected chi connectivity index (χ3v) is 2.59. The minimum Gasteiger partial charge on any atom is -0.457 e. The number of benzene rings is 2. The van der Waals surface area contributed by atoms with Crippen molar-refractivity contribution in [3.05, 3.63) is 58.1 Å². The van der Waals surface area contributed by atoms with E-state index >= 15 is 0 Å². The van der Waals surface area contributed by atoms with E-state index in [1.807, 2.05) is 0 Å². The van der Waals surface area contributed by atoms with Crippen LogP contribution in [0.5, 0.6) is 11.5 Å². The molecule has 0 aliphatic carbocycles. The minimum atomic E-state index is -4.77. The molecule has 2 rings (SSSR count). The van der Waals surface area contributed by atoms with Crippen LogP contribution in [0, 0.1) is 10.1 Å². The Morgan fingerprint density at radius 1 is 1.10 bits per heavy atom. The topological polar surface area (TPSA) is 78.4 Å². The zero-order valence-electron chi connectivity index (χ0n) is 10.4. The first-order valence-corrected chi connectivity index (χ1v) is 5.66. The molecule has 5 nitrogen and oxygen atoms in total. The van der Waals surface area contributed by atoms with Crippen molar-refractivity contribution in [1.29, 1.82) is 0 Å². The molecule has 0 bridgehead atoms. The molecule has 110 valence electrons. The number of hydrogen-bond donors (Lipinski definition) is 1. The summed E-state index contributed by atoms with van der Waals surface area (Å²) in [6, 6.07) is 8.03. The maximum absolute atomic E-state index is 12.9. The van der Waals surface area contributed by atoms with Crippen LogP contribution in [0.15, 0.2) is 42.5 Å². The molecule has 0 spiro atoms. The fraction of sp³-hybridized carbons (Fsp3) is 0.0769. The number of ether oxygens (including phenoxy) is 1. The first-order chi connectivity index (χ1) is 9.77. The maximum Gasteiger partial charge on any atom is 0.420 e. The standard InChI is InChI=1S/C13H9F3N2O3/c14-13(15,16)11-7-9(18(19)20)3-6-12(11)21-10-4-1-8(17)2-5-10/h1-7H,17H2. The molecule has 2 aromatic carbocycles. The number of hydrogen-bond acceptors (Lipinski definition) is 4. The number of rotatable bonds is 3. The summed E-state index contributed by atoms with van der Waals surface area (Å²) in [6.07, 6.45) is -4.77. The van der Waals surface area contributed by atoms with Gasteiger partial charge in [-0.05, 0) is 30.3 Å². The molecule has 2 N–H and O–H groups in total. The summed E-state index contributed by atoms with van der Waals surface area (Å²) >= 11 is 0. The Kier molecular flexibility index (Phi) is 3.70. The predicted molar refractivity (Wildman–Crippen MR) is 69.0 cm³/mol. The van der Waals surface area contributed by atoms with Crippen molar-refractivity contribution < 1.29 is 22.8 Å². The molecular formula is C13H9F3N2O3. The summed E-state index contributed by atoms with van der Waals surface area (Å²) in [5.74, 6) is -0.374. The second kappa shape index (κ2) is 5.31. The van der Waals surface area contributed by atoms with E-state index in [1.165, 1.54) is 24.3 Å². The summed E-state index contributed by atoms with van der Waals surface area (Å²) in [7, 11) is 0. The Balaban J connectivity index is 2.43. The van der Waals surface area contributed by atoms with Crippen molar-refractivity contribution in [3.8, 4) is 11.5 Å². The van der Waals surface area contributed by atoms with Crippen LogP contribution < -0.4 is 10.5 Å².